The van der Waals surface area contributed by atoms with Crippen LogP contribution in [-0.4, -0.2) is 39.4 Å². The van der Waals surface area contributed by atoms with E-state index in [9.17, 15) is 9.59 Å². The smallest absolute Gasteiger partial charge is 0.365 e. The summed E-state index contributed by atoms with van der Waals surface area (Å²) in [6.45, 7) is 0. The lowest BCUT2D eigenvalue weighted by atomic mass is 10.2. The highest BCUT2D eigenvalue weighted by molar-refractivity contribution is 5.82. The van der Waals surface area contributed by atoms with E-state index < -0.39 is 24.1 Å². The van der Waals surface area contributed by atoms with E-state index in [-0.39, 0.29) is 0 Å². The highest BCUT2D eigenvalue weighted by atomic mass is 16.4. The van der Waals surface area contributed by atoms with Gasteiger partial charge in [0.05, 0.1) is 0 Å². The molecule has 10 heavy (non-hydrogen) atoms. The van der Waals surface area contributed by atoms with Gasteiger partial charge in [-0.05, 0) is 0 Å². The highest BCUT2D eigenvalue weighted by Crippen LogP contribution is 1.87. The van der Waals surface area contributed by atoms with Crippen LogP contribution >= 0.6 is 0 Å². The minimum Gasteiger partial charge on any atom is -0.479 e. The predicted molar refractivity (Wildman–Crippen MR) is 28.0 cm³/mol. The van der Waals surface area contributed by atoms with Crippen LogP contribution in [0.25, 0.3) is 0 Å². The lowest BCUT2D eigenvalue weighted by Gasteiger charge is -2.05. The van der Waals surface area contributed by atoms with E-state index >= 15 is 0 Å². The summed E-state index contributed by atoms with van der Waals surface area (Å²) in [7, 11) is 0. The van der Waals surface area contributed by atoms with Gasteiger partial charge in [-0.3, -0.25) is 0 Å². The molecule has 0 fully saturated rings. The fraction of sp³-hybridized carbons (Fsp3) is 0.500. The van der Waals surface area contributed by atoms with Gasteiger partial charge in [-0.2, -0.15) is 0 Å². The molecule has 0 aliphatic carbocycles. The quantitative estimate of drug-likeness (QED) is 0.344. The zero-order chi connectivity index (χ0) is 8.31. The molecular formula is C4H8NO5+. The number of carboxylic acids is 2. The minimum atomic E-state index is -1.93. The zero-order valence-electron chi connectivity index (χ0n) is 5.02. The molecule has 2 atom stereocenters. The summed E-state index contributed by atoms with van der Waals surface area (Å²) in [5, 5.41) is 24.7. The van der Waals surface area contributed by atoms with Gasteiger partial charge in [0.15, 0.2) is 0 Å². The van der Waals surface area contributed by atoms with Crippen molar-refractivity contribution >= 4 is 11.9 Å². The molecule has 58 valence electrons. The number of carbonyl (C=O) groups is 2. The van der Waals surface area contributed by atoms with Crippen molar-refractivity contribution in [3.63, 3.8) is 0 Å². The molecule has 6 nitrogen and oxygen atoms in total. The molecule has 6 heteroatoms. The molecule has 0 radical (unpaired) electrons. The average Bonchev–Trinajstić information content (AvgIpc) is 1.84. The van der Waals surface area contributed by atoms with Crippen molar-refractivity contribution in [1.29, 1.82) is 0 Å². The Bertz CT molecular complexity index is 138. The van der Waals surface area contributed by atoms with Gasteiger partial charge in [-0.25, -0.2) is 9.59 Å². The second kappa shape index (κ2) is 3.14. The van der Waals surface area contributed by atoms with Crippen molar-refractivity contribution in [1.82, 2.24) is 0 Å². The number of rotatable bonds is 3. The van der Waals surface area contributed by atoms with Gasteiger partial charge in [-0.15, -0.1) is 0 Å². The number of aliphatic carboxylic acids is 2. The van der Waals surface area contributed by atoms with Crippen LogP contribution in [0.3, 0.4) is 0 Å². The van der Waals surface area contributed by atoms with E-state index in [0.29, 0.717) is 0 Å². The van der Waals surface area contributed by atoms with Gasteiger partial charge >= 0.3 is 11.9 Å². The molecule has 0 saturated heterocycles. The molecule has 0 saturated carbocycles. The Morgan fingerprint density at radius 3 is 1.70 bits per heavy atom. The molecule has 0 aliphatic rings. The first-order chi connectivity index (χ1) is 4.46. The molecular weight excluding hydrogens is 142 g/mol. The van der Waals surface area contributed by atoms with Crippen LogP contribution in [0, 0.1) is 0 Å². The van der Waals surface area contributed by atoms with Crippen LogP contribution in [0.5, 0.6) is 0 Å². The predicted octanol–water partition coefficient (Wildman–Crippen LogP) is -2.87. The second-order valence-electron chi connectivity index (χ2n) is 1.73. The third-order valence-corrected chi connectivity index (χ3v) is 0.951. The molecule has 0 aromatic heterocycles. The summed E-state index contributed by atoms with van der Waals surface area (Å²) >= 11 is 0. The highest BCUT2D eigenvalue weighted by Gasteiger charge is 2.31. The van der Waals surface area contributed by atoms with E-state index in [1.807, 2.05) is 0 Å². The number of carboxylic acid groups (broad SMARTS) is 2. The summed E-state index contributed by atoms with van der Waals surface area (Å²) in [5.74, 6) is -3.02. The molecule has 0 amide bonds. The largest absolute Gasteiger partial charge is 0.479 e. The standard InChI is InChI=1S/C4H7NO5/c5-1(3(7)8)2(6)4(9)10/h1-2,6H,5H2,(H,7,8)(H,9,10)/p+1/t1-,2-/m0/s1. The molecule has 0 spiro atoms. The molecule has 0 aliphatic heterocycles. The van der Waals surface area contributed by atoms with Crippen LogP contribution in [0.1, 0.15) is 0 Å². The third kappa shape index (κ3) is 2.00. The fourth-order valence-corrected chi connectivity index (χ4v) is 0.307. The molecule has 0 aromatic carbocycles. The van der Waals surface area contributed by atoms with E-state index in [1.165, 1.54) is 0 Å². The Morgan fingerprint density at radius 1 is 1.20 bits per heavy atom. The van der Waals surface area contributed by atoms with Gasteiger partial charge in [0.2, 0.25) is 12.1 Å². The average molecular weight is 150 g/mol. The van der Waals surface area contributed by atoms with Gasteiger partial charge in [0.25, 0.3) is 0 Å². The molecule has 0 aromatic rings. The van der Waals surface area contributed by atoms with Crippen LogP contribution in [-0.2, 0) is 9.59 Å². The fourth-order valence-electron chi connectivity index (χ4n) is 0.307. The maximum absolute atomic E-state index is 9.96. The number of aliphatic hydroxyl groups excluding tert-OH is 1. The number of hydrogen-bond donors (Lipinski definition) is 4. The maximum Gasteiger partial charge on any atom is 0.365 e. The molecule has 6 N–H and O–H groups in total. The zero-order valence-corrected chi connectivity index (χ0v) is 5.02. The lowest BCUT2D eigenvalue weighted by Crippen LogP contribution is -2.71. The molecule has 0 rings (SSSR count). The summed E-state index contributed by atoms with van der Waals surface area (Å²) in [5.41, 5.74) is 2.93. The van der Waals surface area contributed by atoms with Crippen LogP contribution < -0.4 is 5.73 Å². The van der Waals surface area contributed by atoms with E-state index in [4.69, 9.17) is 15.3 Å². The Balaban J connectivity index is 4.07. The molecule has 0 bridgehead atoms. The topological polar surface area (TPSA) is 122 Å². The summed E-state index contributed by atoms with van der Waals surface area (Å²) in [6.07, 6.45) is -1.93. The minimum absolute atomic E-state index is 1.44. The Labute approximate surface area is 55.9 Å². The SMILES string of the molecule is [NH3+][C@H](C(=O)O)[C@H](O)C(=O)O. The van der Waals surface area contributed by atoms with Crippen molar-refractivity contribution in [2.45, 2.75) is 12.1 Å². The van der Waals surface area contributed by atoms with Gasteiger partial charge in [0.1, 0.15) is 0 Å². The van der Waals surface area contributed by atoms with Crippen molar-refractivity contribution in [3.05, 3.63) is 0 Å². The van der Waals surface area contributed by atoms with E-state index in [0.717, 1.165) is 0 Å². The summed E-state index contributed by atoms with van der Waals surface area (Å²) in [6, 6.07) is -1.52. The van der Waals surface area contributed by atoms with Gasteiger partial charge in [-0.1, -0.05) is 0 Å². The normalized spacial score (nSPS) is 15.8. The number of hydrogen-bond acceptors (Lipinski definition) is 3. The van der Waals surface area contributed by atoms with Crippen LogP contribution in [0.15, 0.2) is 0 Å². The number of aliphatic hydroxyl groups is 1. The van der Waals surface area contributed by atoms with Gasteiger partial charge < -0.3 is 21.1 Å². The number of quaternary nitrogens is 1. The first kappa shape index (κ1) is 8.86. The van der Waals surface area contributed by atoms with Crippen LogP contribution in [0.2, 0.25) is 0 Å². The Kier molecular flexibility index (Phi) is 2.78. The van der Waals surface area contributed by atoms with Crippen molar-refractivity contribution in [2.24, 2.45) is 0 Å². The van der Waals surface area contributed by atoms with Gasteiger partial charge in [0, 0.05) is 0 Å². The lowest BCUT2D eigenvalue weighted by molar-refractivity contribution is -0.421. The van der Waals surface area contributed by atoms with Crippen LogP contribution in [0.4, 0.5) is 0 Å². The summed E-state index contributed by atoms with van der Waals surface area (Å²) < 4.78 is 0. The molecule has 0 unspecified atom stereocenters. The summed E-state index contributed by atoms with van der Waals surface area (Å²) in [4.78, 5) is 19.9. The third-order valence-electron chi connectivity index (χ3n) is 0.951. The first-order valence-corrected chi connectivity index (χ1v) is 2.43. The maximum atomic E-state index is 9.96. The monoisotopic (exact) mass is 150 g/mol. The Hall–Kier alpha value is -1.14. The van der Waals surface area contributed by atoms with Crippen molar-refractivity contribution < 1.29 is 30.6 Å². The molecule has 0 heterocycles. The Morgan fingerprint density at radius 2 is 1.60 bits per heavy atom. The second-order valence-corrected chi connectivity index (χ2v) is 1.73. The van der Waals surface area contributed by atoms with E-state index in [1.54, 1.807) is 0 Å². The van der Waals surface area contributed by atoms with Crippen molar-refractivity contribution in [3.8, 4) is 0 Å². The van der Waals surface area contributed by atoms with Crippen molar-refractivity contribution in [2.75, 3.05) is 0 Å². The first-order valence-electron chi connectivity index (χ1n) is 2.43. The van der Waals surface area contributed by atoms with E-state index in [2.05, 4.69) is 5.73 Å².